The Labute approximate surface area is 146 Å². The van der Waals surface area contributed by atoms with E-state index < -0.39 is 0 Å². The van der Waals surface area contributed by atoms with E-state index in [1.807, 2.05) is 17.0 Å². The summed E-state index contributed by atoms with van der Waals surface area (Å²) in [5.74, 6) is 0.653. The molecule has 1 amide bonds. The standard InChI is InChI=1S/C18H20ClN3O2/c1-24-17-7-5-13(11-14(17)19)21-16-6-4-12(10-15(16)20)18(23)22-8-2-3-9-22/h4-7,10-11,21H,2-3,8-9,20H2,1H3. The van der Waals surface area contributed by atoms with Crippen molar-refractivity contribution in [3.63, 3.8) is 0 Å². The van der Waals surface area contributed by atoms with Crippen molar-refractivity contribution in [1.82, 2.24) is 4.90 Å². The van der Waals surface area contributed by atoms with Gasteiger partial charge in [-0.15, -0.1) is 0 Å². The molecule has 3 N–H and O–H groups in total. The smallest absolute Gasteiger partial charge is 0.253 e. The molecule has 5 nitrogen and oxygen atoms in total. The second kappa shape index (κ2) is 7.01. The Hall–Kier alpha value is -2.40. The van der Waals surface area contributed by atoms with Gasteiger partial charge in [0, 0.05) is 24.3 Å². The van der Waals surface area contributed by atoms with E-state index in [4.69, 9.17) is 22.1 Å². The summed E-state index contributed by atoms with van der Waals surface area (Å²) in [6.07, 6.45) is 2.14. The van der Waals surface area contributed by atoms with Crippen LogP contribution in [0.5, 0.6) is 5.75 Å². The molecule has 0 radical (unpaired) electrons. The molecule has 0 bridgehead atoms. The zero-order valence-corrected chi connectivity index (χ0v) is 14.3. The summed E-state index contributed by atoms with van der Waals surface area (Å²) in [6.45, 7) is 1.65. The number of amides is 1. The van der Waals surface area contributed by atoms with Crippen molar-refractivity contribution in [2.45, 2.75) is 12.8 Å². The number of likely N-dealkylation sites (tertiary alicyclic amines) is 1. The van der Waals surface area contributed by atoms with Gasteiger partial charge in [0.05, 0.1) is 23.5 Å². The Morgan fingerprint density at radius 1 is 1.21 bits per heavy atom. The Kier molecular flexibility index (Phi) is 4.81. The molecule has 2 aromatic carbocycles. The number of hydrogen-bond acceptors (Lipinski definition) is 4. The third kappa shape index (κ3) is 3.41. The lowest BCUT2D eigenvalue weighted by molar-refractivity contribution is 0.0793. The molecular weight excluding hydrogens is 326 g/mol. The fraction of sp³-hybridized carbons (Fsp3) is 0.278. The van der Waals surface area contributed by atoms with Crippen LogP contribution in [0.2, 0.25) is 5.02 Å². The molecule has 126 valence electrons. The van der Waals surface area contributed by atoms with Gasteiger partial charge in [0.2, 0.25) is 0 Å². The third-order valence-electron chi connectivity index (χ3n) is 4.12. The van der Waals surface area contributed by atoms with Crippen LogP contribution in [-0.4, -0.2) is 31.0 Å². The van der Waals surface area contributed by atoms with Gasteiger partial charge >= 0.3 is 0 Å². The van der Waals surface area contributed by atoms with Crippen molar-refractivity contribution in [2.75, 3.05) is 31.2 Å². The van der Waals surface area contributed by atoms with Gasteiger partial charge in [-0.05, 0) is 49.2 Å². The first-order valence-electron chi connectivity index (χ1n) is 7.88. The lowest BCUT2D eigenvalue weighted by Gasteiger charge is -2.17. The molecule has 0 saturated carbocycles. The second-order valence-electron chi connectivity index (χ2n) is 5.78. The third-order valence-corrected chi connectivity index (χ3v) is 4.42. The fourth-order valence-corrected chi connectivity index (χ4v) is 3.07. The highest BCUT2D eigenvalue weighted by Gasteiger charge is 2.20. The zero-order valence-electron chi connectivity index (χ0n) is 13.5. The summed E-state index contributed by atoms with van der Waals surface area (Å²) >= 11 is 6.13. The molecule has 1 saturated heterocycles. The quantitative estimate of drug-likeness (QED) is 0.824. The molecule has 2 aromatic rings. The van der Waals surface area contributed by atoms with Gasteiger partial charge in [-0.25, -0.2) is 0 Å². The number of carbonyl (C=O) groups excluding carboxylic acids is 1. The monoisotopic (exact) mass is 345 g/mol. The lowest BCUT2D eigenvalue weighted by atomic mass is 10.1. The Bertz CT molecular complexity index is 758. The molecule has 0 aromatic heterocycles. The largest absolute Gasteiger partial charge is 0.495 e. The van der Waals surface area contributed by atoms with E-state index in [0.717, 1.165) is 37.3 Å². The summed E-state index contributed by atoms with van der Waals surface area (Å²) in [4.78, 5) is 14.3. The first-order chi connectivity index (χ1) is 11.6. The van der Waals surface area contributed by atoms with E-state index in [1.165, 1.54) is 0 Å². The number of nitrogen functional groups attached to an aromatic ring is 1. The summed E-state index contributed by atoms with van der Waals surface area (Å²) in [7, 11) is 1.57. The van der Waals surface area contributed by atoms with Crippen molar-refractivity contribution in [2.24, 2.45) is 0 Å². The van der Waals surface area contributed by atoms with Gasteiger partial charge in [-0.2, -0.15) is 0 Å². The highest BCUT2D eigenvalue weighted by molar-refractivity contribution is 6.32. The first-order valence-corrected chi connectivity index (χ1v) is 8.25. The molecule has 0 spiro atoms. The van der Waals surface area contributed by atoms with Crippen LogP contribution in [0, 0.1) is 0 Å². The van der Waals surface area contributed by atoms with Crippen LogP contribution in [0.1, 0.15) is 23.2 Å². The number of halogens is 1. The number of hydrogen-bond donors (Lipinski definition) is 2. The van der Waals surface area contributed by atoms with Crippen molar-refractivity contribution < 1.29 is 9.53 Å². The van der Waals surface area contributed by atoms with Crippen molar-refractivity contribution in [3.8, 4) is 5.75 Å². The Morgan fingerprint density at radius 3 is 2.58 bits per heavy atom. The predicted octanol–water partition coefficient (Wildman–Crippen LogP) is 3.91. The normalized spacial score (nSPS) is 13.8. The molecule has 3 rings (SSSR count). The van der Waals surface area contributed by atoms with E-state index in [2.05, 4.69) is 5.32 Å². The molecule has 1 aliphatic heterocycles. The van der Waals surface area contributed by atoms with E-state index in [1.54, 1.807) is 31.4 Å². The van der Waals surface area contributed by atoms with Crippen molar-refractivity contribution in [1.29, 1.82) is 0 Å². The van der Waals surface area contributed by atoms with Gasteiger partial charge in [-0.3, -0.25) is 4.79 Å². The van der Waals surface area contributed by atoms with E-state index in [0.29, 0.717) is 22.0 Å². The van der Waals surface area contributed by atoms with Crippen molar-refractivity contribution in [3.05, 3.63) is 47.0 Å². The number of nitrogens with two attached hydrogens (primary N) is 1. The van der Waals surface area contributed by atoms with Crippen LogP contribution >= 0.6 is 11.6 Å². The molecule has 1 aliphatic rings. The number of rotatable bonds is 4. The van der Waals surface area contributed by atoms with Crippen LogP contribution in [0.3, 0.4) is 0 Å². The summed E-state index contributed by atoms with van der Waals surface area (Å²) in [5, 5.41) is 3.73. The molecule has 1 fully saturated rings. The van der Waals surface area contributed by atoms with E-state index >= 15 is 0 Å². The number of nitrogens with zero attached hydrogens (tertiary/aromatic N) is 1. The number of ether oxygens (including phenoxy) is 1. The highest BCUT2D eigenvalue weighted by atomic mass is 35.5. The minimum Gasteiger partial charge on any atom is -0.495 e. The first kappa shape index (κ1) is 16.5. The van der Waals surface area contributed by atoms with E-state index in [-0.39, 0.29) is 5.91 Å². The maximum absolute atomic E-state index is 12.4. The van der Waals surface area contributed by atoms with E-state index in [9.17, 15) is 4.79 Å². The van der Waals surface area contributed by atoms with Crippen LogP contribution in [0.15, 0.2) is 36.4 Å². The van der Waals surface area contributed by atoms with Gasteiger partial charge in [0.15, 0.2) is 0 Å². The molecule has 0 atom stereocenters. The molecule has 0 unspecified atom stereocenters. The van der Waals surface area contributed by atoms with Crippen molar-refractivity contribution >= 4 is 34.6 Å². The number of anilines is 3. The maximum atomic E-state index is 12.4. The lowest BCUT2D eigenvalue weighted by Crippen LogP contribution is -2.27. The van der Waals surface area contributed by atoms with Crippen LogP contribution in [-0.2, 0) is 0 Å². The van der Waals surface area contributed by atoms with Gasteiger partial charge in [-0.1, -0.05) is 11.6 Å². The molecular formula is C18H20ClN3O2. The average molecular weight is 346 g/mol. The summed E-state index contributed by atoms with van der Waals surface area (Å²) in [5.41, 5.74) is 8.78. The number of methoxy groups -OCH3 is 1. The van der Waals surface area contributed by atoms with Crippen LogP contribution in [0.4, 0.5) is 17.1 Å². The second-order valence-corrected chi connectivity index (χ2v) is 6.18. The fourth-order valence-electron chi connectivity index (χ4n) is 2.81. The zero-order chi connectivity index (χ0) is 17.1. The average Bonchev–Trinajstić information content (AvgIpc) is 3.11. The van der Waals surface area contributed by atoms with Gasteiger partial charge in [0.1, 0.15) is 5.75 Å². The van der Waals surface area contributed by atoms with Gasteiger partial charge in [0.25, 0.3) is 5.91 Å². The molecule has 1 heterocycles. The maximum Gasteiger partial charge on any atom is 0.253 e. The minimum absolute atomic E-state index is 0.0400. The topological polar surface area (TPSA) is 67.6 Å². The highest BCUT2D eigenvalue weighted by Crippen LogP contribution is 2.31. The molecule has 24 heavy (non-hydrogen) atoms. The van der Waals surface area contributed by atoms with Crippen LogP contribution < -0.4 is 15.8 Å². The summed E-state index contributed by atoms with van der Waals surface area (Å²) in [6, 6.07) is 10.7. The SMILES string of the molecule is COc1ccc(Nc2ccc(C(=O)N3CCCC3)cc2N)cc1Cl. The summed E-state index contributed by atoms with van der Waals surface area (Å²) < 4.78 is 5.14. The number of nitrogens with one attached hydrogen (secondary N) is 1. The predicted molar refractivity (Wildman–Crippen MR) is 97.3 cm³/mol. The number of benzene rings is 2. The number of carbonyl (C=O) groups is 1. The molecule has 6 heteroatoms. The Morgan fingerprint density at radius 2 is 1.96 bits per heavy atom. The van der Waals surface area contributed by atoms with Gasteiger partial charge < -0.3 is 20.7 Å². The molecule has 0 aliphatic carbocycles. The minimum atomic E-state index is 0.0400. The van der Waals surface area contributed by atoms with Crippen LogP contribution in [0.25, 0.3) is 0 Å². The Balaban J connectivity index is 1.77.